The number of nitrogens with two attached hydrogens (primary N) is 1. The van der Waals surface area contributed by atoms with Gasteiger partial charge in [-0.1, -0.05) is 40.2 Å². The minimum absolute atomic E-state index is 0.0565. The van der Waals surface area contributed by atoms with Crippen LogP contribution in [0.1, 0.15) is 35.7 Å². The van der Waals surface area contributed by atoms with Gasteiger partial charge in [-0.15, -0.1) is 0 Å². The lowest BCUT2D eigenvalue weighted by atomic mass is 9.87. The van der Waals surface area contributed by atoms with Gasteiger partial charge in [-0.2, -0.15) is 5.10 Å². The van der Waals surface area contributed by atoms with Crippen LogP contribution < -0.4 is 15.8 Å². The standard InChI is InChI=1S/C28H30BrN5O3/c29-15-4-7-24(35)33-17-13-19(14-18-33)23-12-16-31-28-25(27(30)36)26(32-34(23)28)20-8-10-22(11-9-20)37-21-5-2-1-3-6-21/h1-11,19,23,31H,12-18H2,(H2,30,36)/b7-4+/t23-/m0/s1. The Morgan fingerprint density at radius 2 is 1.76 bits per heavy atom. The summed E-state index contributed by atoms with van der Waals surface area (Å²) in [5.74, 6) is 2.04. The molecule has 2 aromatic carbocycles. The summed E-state index contributed by atoms with van der Waals surface area (Å²) in [6, 6.07) is 17.3. The molecule has 0 saturated carbocycles. The molecule has 0 spiro atoms. The first-order chi connectivity index (χ1) is 18.0. The number of ether oxygens (including phenoxy) is 1. The number of fused-ring (bicyclic) bond motifs is 1. The van der Waals surface area contributed by atoms with Gasteiger partial charge in [0.25, 0.3) is 5.91 Å². The molecule has 9 heteroatoms. The van der Waals surface area contributed by atoms with Gasteiger partial charge in [0, 0.05) is 30.5 Å². The Bertz CT molecular complexity index is 1280. The van der Waals surface area contributed by atoms with Crippen molar-refractivity contribution in [3.05, 3.63) is 72.3 Å². The normalized spacial score (nSPS) is 17.9. The molecule has 3 heterocycles. The maximum atomic E-state index is 12.6. The fourth-order valence-electron chi connectivity index (χ4n) is 5.24. The number of alkyl halides is 1. The molecule has 1 saturated heterocycles. The molecule has 2 amide bonds. The number of piperidine rings is 1. The highest BCUT2D eigenvalue weighted by molar-refractivity contribution is 9.09. The van der Waals surface area contributed by atoms with Crippen LogP contribution in [0, 0.1) is 5.92 Å². The highest BCUT2D eigenvalue weighted by Crippen LogP contribution is 2.40. The molecular weight excluding hydrogens is 534 g/mol. The second-order valence-electron chi connectivity index (χ2n) is 9.32. The molecule has 3 N–H and O–H groups in total. The molecule has 8 nitrogen and oxygen atoms in total. The van der Waals surface area contributed by atoms with E-state index in [-0.39, 0.29) is 11.9 Å². The van der Waals surface area contributed by atoms with Crippen molar-refractivity contribution in [2.45, 2.75) is 25.3 Å². The molecule has 1 atom stereocenters. The second kappa shape index (κ2) is 11.2. The van der Waals surface area contributed by atoms with Gasteiger partial charge >= 0.3 is 0 Å². The van der Waals surface area contributed by atoms with E-state index in [4.69, 9.17) is 15.6 Å². The van der Waals surface area contributed by atoms with E-state index < -0.39 is 5.91 Å². The molecule has 2 aliphatic rings. The number of nitrogens with zero attached hydrogens (tertiary/aromatic N) is 3. The van der Waals surface area contributed by atoms with Crippen LogP contribution in [0.25, 0.3) is 11.3 Å². The number of halogens is 1. The van der Waals surface area contributed by atoms with Gasteiger partial charge < -0.3 is 20.7 Å². The number of likely N-dealkylation sites (tertiary alicyclic amines) is 1. The lowest BCUT2D eigenvalue weighted by Crippen LogP contribution is -2.41. The Balaban J connectivity index is 1.37. The Labute approximate surface area is 224 Å². The first kappa shape index (κ1) is 25.1. The number of para-hydroxylation sites is 1. The summed E-state index contributed by atoms with van der Waals surface area (Å²) in [5, 5.41) is 8.95. The number of anilines is 1. The van der Waals surface area contributed by atoms with Crippen molar-refractivity contribution >= 4 is 33.6 Å². The van der Waals surface area contributed by atoms with Crippen LogP contribution in [0.4, 0.5) is 5.82 Å². The van der Waals surface area contributed by atoms with Crippen LogP contribution in [0.15, 0.2) is 66.7 Å². The van der Waals surface area contributed by atoms with Crippen LogP contribution in [-0.2, 0) is 4.79 Å². The van der Waals surface area contributed by atoms with E-state index in [1.165, 1.54) is 0 Å². The van der Waals surface area contributed by atoms with E-state index in [1.807, 2.05) is 70.3 Å². The predicted octanol–water partition coefficient (Wildman–Crippen LogP) is 4.99. The third-order valence-corrected chi connectivity index (χ3v) is 7.43. The molecule has 3 aromatic rings. The number of hydrogen-bond donors (Lipinski definition) is 2. The number of aromatic nitrogens is 2. The van der Waals surface area contributed by atoms with Crippen molar-refractivity contribution in [3.63, 3.8) is 0 Å². The maximum Gasteiger partial charge on any atom is 0.254 e. The molecule has 0 radical (unpaired) electrons. The Kier molecular flexibility index (Phi) is 7.60. The Hall–Kier alpha value is -3.59. The quantitative estimate of drug-likeness (QED) is 0.311. The van der Waals surface area contributed by atoms with E-state index in [1.54, 1.807) is 6.08 Å². The van der Waals surface area contributed by atoms with E-state index in [0.29, 0.717) is 34.1 Å². The van der Waals surface area contributed by atoms with Crippen molar-refractivity contribution in [2.24, 2.45) is 11.7 Å². The van der Waals surface area contributed by atoms with Crippen LogP contribution in [0.3, 0.4) is 0 Å². The molecule has 1 fully saturated rings. The topological polar surface area (TPSA) is 102 Å². The fraction of sp³-hybridized carbons (Fsp3) is 0.321. The number of carbonyl (C=O) groups is 2. The molecule has 0 bridgehead atoms. The van der Waals surface area contributed by atoms with Gasteiger partial charge in [-0.25, -0.2) is 4.68 Å². The van der Waals surface area contributed by atoms with Crippen molar-refractivity contribution in [3.8, 4) is 22.8 Å². The highest BCUT2D eigenvalue weighted by atomic mass is 79.9. The first-order valence-electron chi connectivity index (χ1n) is 12.6. The zero-order chi connectivity index (χ0) is 25.8. The van der Waals surface area contributed by atoms with E-state index in [2.05, 4.69) is 21.2 Å². The molecule has 192 valence electrons. The smallest absolute Gasteiger partial charge is 0.254 e. The number of carbonyl (C=O) groups excluding carboxylic acids is 2. The van der Waals surface area contributed by atoms with Crippen molar-refractivity contribution in [1.82, 2.24) is 14.7 Å². The molecule has 2 aliphatic heterocycles. The van der Waals surface area contributed by atoms with Crippen molar-refractivity contribution < 1.29 is 14.3 Å². The van der Waals surface area contributed by atoms with Gasteiger partial charge in [-0.3, -0.25) is 9.59 Å². The fourth-order valence-corrected chi connectivity index (χ4v) is 5.42. The summed E-state index contributed by atoms with van der Waals surface area (Å²) in [6.45, 7) is 2.18. The number of primary amides is 1. The van der Waals surface area contributed by atoms with E-state index in [9.17, 15) is 9.59 Å². The molecule has 5 rings (SSSR count). The Morgan fingerprint density at radius 3 is 2.43 bits per heavy atom. The summed E-state index contributed by atoms with van der Waals surface area (Å²) in [6.07, 6.45) is 6.14. The maximum absolute atomic E-state index is 12.6. The number of benzene rings is 2. The van der Waals surface area contributed by atoms with Gasteiger partial charge in [0.15, 0.2) is 0 Å². The predicted molar refractivity (Wildman–Crippen MR) is 147 cm³/mol. The largest absolute Gasteiger partial charge is 0.457 e. The lowest BCUT2D eigenvalue weighted by Gasteiger charge is -2.38. The third-order valence-electron chi connectivity index (χ3n) is 7.06. The van der Waals surface area contributed by atoms with Crippen LogP contribution in [-0.4, -0.2) is 51.5 Å². The van der Waals surface area contributed by atoms with Gasteiger partial charge in [0.2, 0.25) is 5.91 Å². The van der Waals surface area contributed by atoms with Crippen molar-refractivity contribution in [1.29, 1.82) is 0 Å². The van der Waals surface area contributed by atoms with Gasteiger partial charge in [0.05, 0.1) is 6.04 Å². The average molecular weight is 564 g/mol. The minimum Gasteiger partial charge on any atom is -0.457 e. The average Bonchev–Trinajstić information content (AvgIpc) is 3.33. The van der Waals surface area contributed by atoms with Crippen LogP contribution in [0.2, 0.25) is 0 Å². The summed E-state index contributed by atoms with van der Waals surface area (Å²) >= 11 is 3.32. The number of amides is 2. The highest BCUT2D eigenvalue weighted by Gasteiger charge is 2.35. The van der Waals surface area contributed by atoms with E-state index in [0.717, 1.165) is 50.2 Å². The first-order valence-corrected chi connectivity index (χ1v) is 13.7. The summed E-state index contributed by atoms with van der Waals surface area (Å²) in [7, 11) is 0. The van der Waals surface area contributed by atoms with Gasteiger partial charge in [0.1, 0.15) is 28.6 Å². The van der Waals surface area contributed by atoms with Crippen molar-refractivity contribution in [2.75, 3.05) is 30.3 Å². The molecule has 0 unspecified atom stereocenters. The number of rotatable bonds is 7. The Morgan fingerprint density at radius 1 is 1.05 bits per heavy atom. The van der Waals surface area contributed by atoms with Crippen LogP contribution in [0.5, 0.6) is 11.5 Å². The summed E-state index contributed by atoms with van der Waals surface area (Å²) in [5.41, 5.74) is 7.64. The number of allylic oxidation sites excluding steroid dienone is 1. The monoisotopic (exact) mass is 563 g/mol. The minimum atomic E-state index is -0.506. The molecule has 1 aromatic heterocycles. The summed E-state index contributed by atoms with van der Waals surface area (Å²) in [4.78, 5) is 26.9. The number of hydrogen-bond acceptors (Lipinski definition) is 5. The molecular formula is C28H30BrN5O3. The third kappa shape index (κ3) is 5.41. The SMILES string of the molecule is NC(=O)c1c(-c2ccc(Oc3ccccc3)cc2)nn2c1NCC[C@H]2C1CCN(C(=O)/C=C/CBr)CC1. The second-order valence-corrected chi connectivity index (χ2v) is 9.97. The van der Waals surface area contributed by atoms with E-state index >= 15 is 0 Å². The molecule has 37 heavy (non-hydrogen) atoms. The van der Waals surface area contributed by atoms with Gasteiger partial charge in [-0.05, 0) is 67.7 Å². The zero-order valence-corrected chi connectivity index (χ0v) is 22.1. The lowest BCUT2D eigenvalue weighted by molar-refractivity contribution is -0.127. The summed E-state index contributed by atoms with van der Waals surface area (Å²) < 4.78 is 7.87. The molecule has 0 aliphatic carbocycles. The zero-order valence-electron chi connectivity index (χ0n) is 20.5. The van der Waals surface area contributed by atoms with Crippen LogP contribution >= 0.6 is 15.9 Å². The number of nitrogens with one attached hydrogen (secondary N) is 1.